The lowest BCUT2D eigenvalue weighted by molar-refractivity contribution is -0.132. The van der Waals surface area contributed by atoms with Gasteiger partial charge in [-0.2, -0.15) is 0 Å². The number of amides is 2. The molecule has 188 valence electrons. The van der Waals surface area contributed by atoms with Crippen LogP contribution in [-0.2, 0) is 17.8 Å². The van der Waals surface area contributed by atoms with Gasteiger partial charge in [0, 0.05) is 20.1 Å². The summed E-state index contributed by atoms with van der Waals surface area (Å²) in [6.07, 6.45) is 2.12. The molecule has 6 nitrogen and oxygen atoms in total. The lowest BCUT2D eigenvalue weighted by Crippen LogP contribution is -2.40. The molecule has 1 aliphatic heterocycles. The molecule has 1 atom stereocenters. The maximum absolute atomic E-state index is 13.7. The molecule has 0 bridgehead atoms. The van der Waals surface area contributed by atoms with Crippen LogP contribution in [0.4, 0.5) is 4.39 Å². The van der Waals surface area contributed by atoms with Crippen LogP contribution in [0.1, 0.15) is 38.9 Å². The summed E-state index contributed by atoms with van der Waals surface area (Å²) in [5.74, 6) is 0.0360. The summed E-state index contributed by atoms with van der Waals surface area (Å²) in [5, 5.41) is 0. The topological polar surface area (TPSA) is 63.0 Å². The number of hydrogen-bond donors (Lipinski definition) is 0. The second kappa shape index (κ2) is 10.7. The number of nitrogens with zero attached hydrogens (tertiary/aromatic N) is 2. The van der Waals surface area contributed by atoms with E-state index >= 15 is 0 Å². The molecule has 37 heavy (non-hydrogen) atoms. The quantitative estimate of drug-likeness (QED) is 0.350. The SMILES string of the molecule is CN(Cc1ccccc1)C(=O)COc1ccc2c(c1)C(c1ccc(F)cc1)N(C(=O)c1ccco1)CC2. The van der Waals surface area contributed by atoms with Crippen LogP contribution in [0.3, 0.4) is 0 Å². The first kappa shape index (κ1) is 24.3. The van der Waals surface area contributed by atoms with Crippen molar-refractivity contribution in [3.05, 3.63) is 125 Å². The number of rotatable bonds is 7. The van der Waals surface area contributed by atoms with E-state index in [9.17, 15) is 14.0 Å². The number of halogens is 1. The van der Waals surface area contributed by atoms with Crippen LogP contribution in [0.2, 0.25) is 0 Å². The van der Waals surface area contributed by atoms with Gasteiger partial charge >= 0.3 is 0 Å². The van der Waals surface area contributed by atoms with Crippen LogP contribution in [0, 0.1) is 5.82 Å². The molecular formula is C30H27FN2O4. The van der Waals surface area contributed by atoms with Gasteiger partial charge in [0.1, 0.15) is 11.6 Å². The van der Waals surface area contributed by atoms with E-state index < -0.39 is 6.04 Å². The number of likely N-dealkylation sites (N-methyl/N-ethyl adjacent to an activating group) is 1. The van der Waals surface area contributed by atoms with Crippen molar-refractivity contribution in [3.63, 3.8) is 0 Å². The molecule has 0 aliphatic carbocycles. The molecule has 0 spiro atoms. The van der Waals surface area contributed by atoms with Gasteiger partial charge in [0.15, 0.2) is 12.4 Å². The molecular weight excluding hydrogens is 471 g/mol. The maximum Gasteiger partial charge on any atom is 0.290 e. The number of carbonyl (C=O) groups is 2. The lowest BCUT2D eigenvalue weighted by Gasteiger charge is -2.37. The van der Waals surface area contributed by atoms with Gasteiger partial charge in [-0.25, -0.2) is 4.39 Å². The molecule has 1 aromatic heterocycles. The third-order valence-electron chi connectivity index (χ3n) is 6.57. The number of furan rings is 1. The molecule has 4 aromatic rings. The summed E-state index contributed by atoms with van der Waals surface area (Å²) in [4.78, 5) is 29.4. The summed E-state index contributed by atoms with van der Waals surface area (Å²) in [5.41, 5.74) is 3.76. The number of ether oxygens (including phenoxy) is 1. The number of fused-ring (bicyclic) bond motifs is 1. The first-order valence-electron chi connectivity index (χ1n) is 12.1. The van der Waals surface area contributed by atoms with Crippen molar-refractivity contribution < 1.29 is 23.1 Å². The highest BCUT2D eigenvalue weighted by Gasteiger charge is 2.34. The van der Waals surface area contributed by atoms with Crippen LogP contribution < -0.4 is 4.74 Å². The Kier molecular flexibility index (Phi) is 7.03. The largest absolute Gasteiger partial charge is 0.484 e. The van der Waals surface area contributed by atoms with Crippen molar-refractivity contribution >= 4 is 11.8 Å². The lowest BCUT2D eigenvalue weighted by atomic mass is 9.87. The third-order valence-corrected chi connectivity index (χ3v) is 6.57. The molecule has 0 N–H and O–H groups in total. The fourth-order valence-electron chi connectivity index (χ4n) is 4.65. The Hall–Kier alpha value is -4.39. The van der Waals surface area contributed by atoms with E-state index in [2.05, 4.69) is 0 Å². The first-order chi connectivity index (χ1) is 18.0. The van der Waals surface area contributed by atoms with E-state index in [1.165, 1.54) is 18.4 Å². The standard InChI is InChI=1S/C30H27FN2O4/c1-32(19-21-6-3-2-4-7-21)28(34)20-37-25-14-11-22-15-16-33(30(35)27-8-5-17-36-27)29(26(22)18-25)23-9-12-24(31)13-10-23/h2-14,17-18,29H,15-16,19-20H2,1H3. The predicted octanol–water partition coefficient (Wildman–Crippen LogP) is 5.24. The van der Waals surface area contributed by atoms with Crippen molar-refractivity contribution in [3.8, 4) is 5.75 Å². The predicted molar refractivity (Wildman–Crippen MR) is 137 cm³/mol. The van der Waals surface area contributed by atoms with Gasteiger partial charge in [0.25, 0.3) is 11.8 Å². The average Bonchev–Trinajstić information content (AvgIpc) is 3.47. The zero-order valence-corrected chi connectivity index (χ0v) is 20.5. The Morgan fingerprint density at radius 2 is 1.81 bits per heavy atom. The van der Waals surface area contributed by atoms with E-state index in [1.54, 1.807) is 41.1 Å². The van der Waals surface area contributed by atoms with Gasteiger partial charge < -0.3 is 19.0 Å². The van der Waals surface area contributed by atoms with Gasteiger partial charge in [-0.3, -0.25) is 9.59 Å². The molecule has 3 aromatic carbocycles. The molecule has 0 saturated heterocycles. The minimum Gasteiger partial charge on any atom is -0.484 e. The first-order valence-corrected chi connectivity index (χ1v) is 12.1. The zero-order chi connectivity index (χ0) is 25.8. The smallest absolute Gasteiger partial charge is 0.290 e. The summed E-state index contributed by atoms with van der Waals surface area (Å²) in [7, 11) is 1.74. The van der Waals surface area contributed by atoms with Gasteiger partial charge in [0.2, 0.25) is 0 Å². The maximum atomic E-state index is 13.7. The highest BCUT2D eigenvalue weighted by atomic mass is 19.1. The molecule has 1 unspecified atom stereocenters. The van der Waals surface area contributed by atoms with Crippen molar-refractivity contribution in [2.75, 3.05) is 20.2 Å². The van der Waals surface area contributed by atoms with Gasteiger partial charge in [0.05, 0.1) is 12.3 Å². The highest BCUT2D eigenvalue weighted by molar-refractivity contribution is 5.92. The van der Waals surface area contributed by atoms with E-state index in [-0.39, 0.29) is 30.0 Å². The molecule has 2 heterocycles. The van der Waals surface area contributed by atoms with Crippen LogP contribution in [0.15, 0.2) is 95.6 Å². The Labute approximate surface area is 214 Å². The van der Waals surface area contributed by atoms with Gasteiger partial charge in [-0.15, -0.1) is 0 Å². The molecule has 0 fully saturated rings. The Morgan fingerprint density at radius 1 is 1.03 bits per heavy atom. The fraction of sp³-hybridized carbons (Fsp3) is 0.200. The molecule has 1 aliphatic rings. The van der Waals surface area contributed by atoms with Crippen LogP contribution in [0.25, 0.3) is 0 Å². The normalized spacial score (nSPS) is 14.6. The fourth-order valence-corrected chi connectivity index (χ4v) is 4.65. The van der Waals surface area contributed by atoms with Crippen LogP contribution in [-0.4, -0.2) is 41.8 Å². The average molecular weight is 499 g/mol. The van der Waals surface area contributed by atoms with E-state index in [1.807, 2.05) is 48.5 Å². The van der Waals surface area contributed by atoms with E-state index in [0.717, 1.165) is 22.3 Å². The van der Waals surface area contributed by atoms with E-state index in [4.69, 9.17) is 9.15 Å². The van der Waals surface area contributed by atoms with Crippen molar-refractivity contribution in [2.24, 2.45) is 0 Å². The Bertz CT molecular complexity index is 1370. The number of carbonyl (C=O) groups excluding carboxylic acids is 2. The van der Waals surface area contributed by atoms with Crippen molar-refractivity contribution in [2.45, 2.75) is 19.0 Å². The summed E-state index contributed by atoms with van der Waals surface area (Å²) in [6, 6.07) is 24.4. The Balaban J connectivity index is 1.38. The second-order valence-electron chi connectivity index (χ2n) is 9.06. The van der Waals surface area contributed by atoms with Crippen LogP contribution >= 0.6 is 0 Å². The highest BCUT2D eigenvalue weighted by Crippen LogP contribution is 2.38. The molecule has 0 saturated carbocycles. The van der Waals surface area contributed by atoms with Crippen molar-refractivity contribution in [1.82, 2.24) is 9.80 Å². The minimum absolute atomic E-state index is 0.113. The summed E-state index contributed by atoms with van der Waals surface area (Å²) < 4.78 is 25.0. The third kappa shape index (κ3) is 5.40. The van der Waals surface area contributed by atoms with Crippen LogP contribution in [0.5, 0.6) is 5.75 Å². The monoisotopic (exact) mass is 498 g/mol. The van der Waals surface area contributed by atoms with Gasteiger partial charge in [-0.05, 0) is 65.1 Å². The van der Waals surface area contributed by atoms with Crippen molar-refractivity contribution in [1.29, 1.82) is 0 Å². The molecule has 2 amide bonds. The Morgan fingerprint density at radius 3 is 2.54 bits per heavy atom. The zero-order valence-electron chi connectivity index (χ0n) is 20.5. The summed E-state index contributed by atoms with van der Waals surface area (Å²) in [6.45, 7) is 0.861. The minimum atomic E-state index is -0.457. The van der Waals surface area contributed by atoms with Gasteiger partial charge in [-0.1, -0.05) is 48.5 Å². The molecule has 0 radical (unpaired) electrons. The second-order valence-corrected chi connectivity index (χ2v) is 9.06. The van der Waals surface area contributed by atoms with E-state index in [0.29, 0.717) is 25.3 Å². The molecule has 5 rings (SSSR count). The summed E-state index contributed by atoms with van der Waals surface area (Å²) >= 11 is 0. The molecule has 7 heteroatoms. The number of benzene rings is 3. The number of hydrogen-bond acceptors (Lipinski definition) is 4.